The molecule has 2 aliphatic heterocycles. The number of aliphatic hydroxyl groups is 1. The summed E-state index contributed by atoms with van der Waals surface area (Å²) in [7, 11) is 0. The molecule has 0 aromatic heterocycles. The average Bonchev–Trinajstić information content (AvgIpc) is 3.05. The van der Waals surface area contributed by atoms with Crippen molar-refractivity contribution >= 4 is 5.97 Å². The summed E-state index contributed by atoms with van der Waals surface area (Å²) < 4.78 is 22.0. The molecular weight excluding hydrogens is 264 g/mol. The van der Waals surface area contributed by atoms with Crippen molar-refractivity contribution in [3.05, 3.63) is 0 Å². The summed E-state index contributed by atoms with van der Waals surface area (Å²) in [6, 6.07) is 0. The van der Waals surface area contributed by atoms with E-state index in [2.05, 4.69) is 6.92 Å². The maximum absolute atomic E-state index is 11.9. The lowest BCUT2D eigenvalue weighted by atomic mass is 10.1. The SMILES string of the molecule is CCCCCCC(=O)OC1C(CO)OCC12OCCO2. The molecule has 2 saturated heterocycles. The lowest BCUT2D eigenvalue weighted by Gasteiger charge is -2.28. The van der Waals surface area contributed by atoms with Gasteiger partial charge in [-0.05, 0) is 6.42 Å². The lowest BCUT2D eigenvalue weighted by molar-refractivity contribution is -0.216. The molecule has 2 unspecified atom stereocenters. The van der Waals surface area contributed by atoms with Crippen molar-refractivity contribution in [3.63, 3.8) is 0 Å². The predicted octanol–water partition coefficient (Wildman–Crippen LogP) is 1.00. The Bertz CT molecular complexity index is 313. The van der Waals surface area contributed by atoms with Gasteiger partial charge >= 0.3 is 5.97 Å². The van der Waals surface area contributed by atoms with Crippen molar-refractivity contribution in [3.8, 4) is 0 Å². The zero-order chi connectivity index (χ0) is 14.4. The van der Waals surface area contributed by atoms with E-state index < -0.39 is 18.0 Å². The third-order valence-electron chi connectivity index (χ3n) is 3.72. The fourth-order valence-electron chi connectivity index (χ4n) is 2.60. The van der Waals surface area contributed by atoms with E-state index in [1.54, 1.807) is 0 Å². The average molecular weight is 288 g/mol. The van der Waals surface area contributed by atoms with E-state index in [0.717, 1.165) is 25.7 Å². The van der Waals surface area contributed by atoms with Gasteiger partial charge in [0.05, 0.1) is 19.8 Å². The fourth-order valence-corrected chi connectivity index (χ4v) is 2.60. The van der Waals surface area contributed by atoms with E-state index in [1.807, 2.05) is 0 Å². The maximum Gasteiger partial charge on any atom is 0.306 e. The number of hydrogen-bond donors (Lipinski definition) is 1. The van der Waals surface area contributed by atoms with Crippen molar-refractivity contribution in [1.29, 1.82) is 0 Å². The number of ether oxygens (including phenoxy) is 4. The van der Waals surface area contributed by atoms with Gasteiger partial charge in [-0.2, -0.15) is 0 Å². The summed E-state index contributed by atoms with van der Waals surface area (Å²) in [4.78, 5) is 11.9. The number of unbranched alkanes of at least 4 members (excludes halogenated alkanes) is 3. The molecule has 2 fully saturated rings. The summed E-state index contributed by atoms with van der Waals surface area (Å²) >= 11 is 0. The second-order valence-electron chi connectivity index (χ2n) is 5.26. The van der Waals surface area contributed by atoms with Gasteiger partial charge in [0.1, 0.15) is 12.7 Å². The van der Waals surface area contributed by atoms with Gasteiger partial charge in [0.2, 0.25) is 5.79 Å². The number of hydrogen-bond acceptors (Lipinski definition) is 6. The highest BCUT2D eigenvalue weighted by Crippen LogP contribution is 2.35. The summed E-state index contributed by atoms with van der Waals surface area (Å²) in [5.74, 6) is -1.31. The minimum Gasteiger partial charge on any atom is -0.454 e. The molecule has 0 aliphatic carbocycles. The van der Waals surface area contributed by atoms with Crippen molar-refractivity contribution in [2.75, 3.05) is 26.4 Å². The first kappa shape index (κ1) is 15.7. The Labute approximate surface area is 119 Å². The predicted molar refractivity (Wildman–Crippen MR) is 70.1 cm³/mol. The molecular formula is C14H24O6. The van der Waals surface area contributed by atoms with Crippen molar-refractivity contribution < 1.29 is 28.8 Å². The molecule has 0 saturated carbocycles. The highest BCUT2D eigenvalue weighted by molar-refractivity contribution is 5.69. The largest absolute Gasteiger partial charge is 0.454 e. The van der Waals surface area contributed by atoms with Crippen molar-refractivity contribution in [1.82, 2.24) is 0 Å². The first-order valence-corrected chi connectivity index (χ1v) is 7.41. The molecule has 0 bridgehead atoms. The number of carbonyl (C=O) groups is 1. The van der Waals surface area contributed by atoms with Gasteiger partial charge in [-0.3, -0.25) is 4.79 Å². The molecule has 6 heteroatoms. The van der Waals surface area contributed by atoms with E-state index in [9.17, 15) is 9.90 Å². The van der Waals surface area contributed by atoms with Crippen LogP contribution in [0.3, 0.4) is 0 Å². The van der Waals surface area contributed by atoms with Crippen LogP contribution in [0.25, 0.3) is 0 Å². The van der Waals surface area contributed by atoms with Gasteiger partial charge in [-0.15, -0.1) is 0 Å². The van der Waals surface area contributed by atoms with Crippen LogP contribution in [-0.2, 0) is 23.7 Å². The molecule has 20 heavy (non-hydrogen) atoms. The minimum atomic E-state index is -1.02. The molecule has 2 atom stereocenters. The number of aliphatic hydroxyl groups excluding tert-OH is 1. The van der Waals surface area contributed by atoms with E-state index in [1.165, 1.54) is 0 Å². The normalized spacial score (nSPS) is 28.1. The topological polar surface area (TPSA) is 74.2 Å². The molecule has 1 N–H and O–H groups in total. The molecule has 0 amide bonds. The van der Waals surface area contributed by atoms with Gasteiger partial charge in [0.25, 0.3) is 0 Å². The molecule has 1 spiro atoms. The second kappa shape index (κ2) is 7.36. The van der Waals surface area contributed by atoms with Crippen LogP contribution in [-0.4, -0.2) is 55.5 Å². The number of rotatable bonds is 7. The third-order valence-corrected chi connectivity index (χ3v) is 3.72. The lowest BCUT2D eigenvalue weighted by Crippen LogP contribution is -2.48. The monoisotopic (exact) mass is 288 g/mol. The Balaban J connectivity index is 1.85. The minimum absolute atomic E-state index is 0.187. The summed E-state index contributed by atoms with van der Waals surface area (Å²) in [6.07, 6.45) is 3.21. The molecule has 2 rings (SSSR count). The first-order valence-electron chi connectivity index (χ1n) is 7.41. The van der Waals surface area contributed by atoms with Gasteiger partial charge in [-0.1, -0.05) is 26.2 Å². The Morgan fingerprint density at radius 1 is 1.30 bits per heavy atom. The van der Waals surface area contributed by atoms with Crippen molar-refractivity contribution in [2.45, 2.75) is 57.0 Å². The van der Waals surface area contributed by atoms with Crippen LogP contribution in [0, 0.1) is 0 Å². The Kier molecular flexibility index (Phi) is 5.77. The third kappa shape index (κ3) is 3.49. The molecule has 6 nitrogen and oxygen atoms in total. The van der Waals surface area contributed by atoms with Crippen LogP contribution in [0.5, 0.6) is 0 Å². The summed E-state index contributed by atoms with van der Waals surface area (Å²) in [5, 5.41) is 9.31. The van der Waals surface area contributed by atoms with Crippen LogP contribution in [0.15, 0.2) is 0 Å². The maximum atomic E-state index is 11.9. The van der Waals surface area contributed by atoms with E-state index in [0.29, 0.717) is 19.6 Å². The molecule has 0 aromatic rings. The van der Waals surface area contributed by atoms with Crippen molar-refractivity contribution in [2.24, 2.45) is 0 Å². The molecule has 116 valence electrons. The van der Waals surface area contributed by atoms with E-state index >= 15 is 0 Å². The van der Waals surface area contributed by atoms with Gasteiger partial charge in [0.15, 0.2) is 6.10 Å². The van der Waals surface area contributed by atoms with E-state index in [4.69, 9.17) is 18.9 Å². The quantitative estimate of drug-likeness (QED) is 0.556. The smallest absolute Gasteiger partial charge is 0.306 e. The Hall–Kier alpha value is -0.690. The van der Waals surface area contributed by atoms with Crippen LogP contribution >= 0.6 is 0 Å². The highest BCUT2D eigenvalue weighted by atomic mass is 16.8. The van der Waals surface area contributed by atoms with Crippen LogP contribution in [0.1, 0.15) is 39.0 Å². The van der Waals surface area contributed by atoms with E-state index in [-0.39, 0.29) is 19.2 Å². The van der Waals surface area contributed by atoms with Crippen LogP contribution in [0.2, 0.25) is 0 Å². The zero-order valence-corrected chi connectivity index (χ0v) is 12.0. The van der Waals surface area contributed by atoms with Gasteiger partial charge in [-0.25, -0.2) is 0 Å². The fraction of sp³-hybridized carbons (Fsp3) is 0.929. The Morgan fingerprint density at radius 2 is 2.05 bits per heavy atom. The second-order valence-corrected chi connectivity index (χ2v) is 5.26. The number of esters is 1. The molecule has 0 aromatic carbocycles. The Morgan fingerprint density at radius 3 is 2.70 bits per heavy atom. The molecule has 0 radical (unpaired) electrons. The standard InChI is InChI=1S/C14H24O6/c1-2-3-4-5-6-12(16)20-13-11(9-15)17-10-14(13)18-7-8-19-14/h11,13,15H,2-10H2,1H3. The summed E-state index contributed by atoms with van der Waals surface area (Å²) in [5.41, 5.74) is 0. The molecule has 2 aliphatic rings. The summed E-state index contributed by atoms with van der Waals surface area (Å²) in [6.45, 7) is 2.99. The highest BCUT2D eigenvalue weighted by Gasteiger charge is 2.56. The molecule has 2 heterocycles. The first-order chi connectivity index (χ1) is 9.72. The van der Waals surface area contributed by atoms with Gasteiger partial charge < -0.3 is 24.1 Å². The van der Waals surface area contributed by atoms with Crippen LogP contribution in [0.4, 0.5) is 0 Å². The zero-order valence-electron chi connectivity index (χ0n) is 12.0. The van der Waals surface area contributed by atoms with Crippen LogP contribution < -0.4 is 0 Å². The number of carbonyl (C=O) groups excluding carboxylic acids is 1. The van der Waals surface area contributed by atoms with Gasteiger partial charge in [0, 0.05) is 6.42 Å².